The van der Waals surface area contributed by atoms with Crippen molar-refractivity contribution in [1.82, 2.24) is 0 Å². The minimum Gasteiger partial charge on any atom is -0.478 e. The van der Waals surface area contributed by atoms with Crippen LogP contribution in [0, 0.1) is 0 Å². The molecule has 0 atom stereocenters. The largest absolute Gasteiger partial charge is 0.478 e. The number of hydrogen-bond acceptors (Lipinski definition) is 5. The Kier molecular flexibility index (Phi) is 21.8. The first-order valence-electron chi connectivity index (χ1n) is 8.44. The molecule has 0 saturated carbocycles. The lowest BCUT2D eigenvalue weighted by Crippen LogP contribution is -2.04. The Balaban J connectivity index is -0.000000313. The van der Waals surface area contributed by atoms with Crippen LogP contribution < -0.4 is 0 Å². The van der Waals surface area contributed by atoms with Crippen LogP contribution in [0.5, 0.6) is 0 Å². The van der Waals surface area contributed by atoms with Crippen molar-refractivity contribution in [2.75, 3.05) is 13.2 Å². The smallest absolute Gasteiger partial charge is 0.330 e. The highest BCUT2D eigenvalue weighted by molar-refractivity contribution is 5.85. The number of aliphatic hydroxyl groups excluding tert-OH is 1. The Labute approximate surface area is 172 Å². The third-order valence-corrected chi connectivity index (χ3v) is 2.63. The molecule has 1 aromatic rings. The van der Waals surface area contributed by atoms with Crippen LogP contribution in [-0.4, -0.2) is 46.4 Å². The average molecular weight is 406 g/mol. The maximum atomic E-state index is 10.1. The van der Waals surface area contributed by atoms with Crippen molar-refractivity contribution >= 4 is 24.0 Å². The minimum absolute atomic E-state index is 0.0465. The Bertz CT molecular complexity index is 649. The van der Waals surface area contributed by atoms with Crippen LogP contribution in [-0.2, 0) is 19.1 Å². The second-order valence-corrected chi connectivity index (χ2v) is 5.06. The van der Waals surface area contributed by atoms with Gasteiger partial charge in [0.15, 0.2) is 0 Å². The van der Waals surface area contributed by atoms with Crippen molar-refractivity contribution in [3.63, 3.8) is 0 Å². The maximum Gasteiger partial charge on any atom is 0.330 e. The number of esters is 1. The van der Waals surface area contributed by atoms with E-state index in [1.807, 2.05) is 36.4 Å². The molecule has 0 aliphatic carbocycles. The van der Waals surface area contributed by atoms with E-state index in [1.54, 1.807) is 6.92 Å². The third kappa shape index (κ3) is 24.6. The summed E-state index contributed by atoms with van der Waals surface area (Å²) in [5, 5.41) is 24.1. The molecule has 0 fully saturated rings. The van der Waals surface area contributed by atoms with Gasteiger partial charge in [0.2, 0.25) is 0 Å². The zero-order valence-electron chi connectivity index (χ0n) is 17.0. The summed E-state index contributed by atoms with van der Waals surface area (Å²) < 4.78 is 4.33. The van der Waals surface area contributed by atoms with E-state index in [9.17, 15) is 14.4 Å². The fraction of sp³-hybridized carbons (Fsp3) is 0.227. The second-order valence-electron chi connectivity index (χ2n) is 5.06. The van der Waals surface area contributed by atoms with Gasteiger partial charge in [-0.1, -0.05) is 69.6 Å². The number of rotatable bonds is 7. The number of carboxylic acid groups (broad SMARTS) is 2. The molecule has 1 aromatic carbocycles. The third-order valence-electron chi connectivity index (χ3n) is 2.63. The van der Waals surface area contributed by atoms with Crippen LogP contribution in [0.3, 0.4) is 0 Å². The SMILES string of the molecule is C=C(C)C(=O)O.C=C(CC)C(=O)O.C=CC(=O)OCCO.C=Cc1ccccc1. The lowest BCUT2D eigenvalue weighted by atomic mass is 10.2. The lowest BCUT2D eigenvalue weighted by molar-refractivity contribution is -0.138. The molecule has 3 N–H and O–H groups in total. The zero-order chi connectivity index (χ0) is 23.2. The summed E-state index contributed by atoms with van der Waals surface area (Å²) in [5.74, 6) is -2.34. The summed E-state index contributed by atoms with van der Waals surface area (Å²) in [7, 11) is 0. The van der Waals surface area contributed by atoms with Gasteiger partial charge in [0, 0.05) is 17.2 Å². The molecule has 0 aliphatic heterocycles. The van der Waals surface area contributed by atoms with Gasteiger partial charge in [-0.15, -0.1) is 0 Å². The Hall–Kier alpha value is -3.45. The Morgan fingerprint density at radius 2 is 1.52 bits per heavy atom. The molecule has 29 heavy (non-hydrogen) atoms. The van der Waals surface area contributed by atoms with E-state index in [2.05, 4.69) is 31.1 Å². The molecule has 0 aromatic heterocycles. The minimum atomic E-state index is -0.935. The van der Waals surface area contributed by atoms with Crippen molar-refractivity contribution in [3.05, 3.63) is 79.4 Å². The average Bonchev–Trinajstić information content (AvgIpc) is 2.73. The number of aliphatic carboxylic acids is 2. The number of benzene rings is 1. The molecule has 0 spiro atoms. The molecule has 0 unspecified atom stereocenters. The molecular formula is C22H30O7. The molecule has 0 heterocycles. The van der Waals surface area contributed by atoms with E-state index >= 15 is 0 Å². The van der Waals surface area contributed by atoms with Crippen LogP contribution in [0.1, 0.15) is 25.8 Å². The first-order chi connectivity index (χ1) is 13.6. The lowest BCUT2D eigenvalue weighted by Gasteiger charge is -1.94. The fourth-order valence-corrected chi connectivity index (χ4v) is 0.946. The quantitative estimate of drug-likeness (QED) is 0.466. The number of carbonyl (C=O) groups excluding carboxylic acids is 1. The normalized spacial score (nSPS) is 8.10. The molecule has 7 heteroatoms. The predicted octanol–water partition coefficient (Wildman–Crippen LogP) is 3.72. The molecule has 0 saturated heterocycles. The van der Waals surface area contributed by atoms with Gasteiger partial charge in [0.25, 0.3) is 0 Å². The van der Waals surface area contributed by atoms with E-state index in [4.69, 9.17) is 15.3 Å². The number of carboxylic acids is 2. The van der Waals surface area contributed by atoms with Gasteiger partial charge < -0.3 is 20.1 Å². The summed E-state index contributed by atoms with van der Waals surface area (Å²) in [6.45, 7) is 16.3. The van der Waals surface area contributed by atoms with Gasteiger partial charge >= 0.3 is 17.9 Å². The summed E-state index contributed by atoms with van der Waals surface area (Å²) >= 11 is 0. The van der Waals surface area contributed by atoms with Gasteiger partial charge in [0.05, 0.1) is 6.61 Å². The molecule has 0 bridgehead atoms. The highest BCUT2D eigenvalue weighted by atomic mass is 16.5. The van der Waals surface area contributed by atoms with Gasteiger partial charge in [-0.25, -0.2) is 14.4 Å². The van der Waals surface area contributed by atoms with E-state index in [-0.39, 0.29) is 24.4 Å². The molecule has 0 radical (unpaired) electrons. The van der Waals surface area contributed by atoms with Crippen molar-refractivity contribution in [1.29, 1.82) is 0 Å². The first-order valence-corrected chi connectivity index (χ1v) is 8.44. The van der Waals surface area contributed by atoms with E-state index in [1.165, 1.54) is 12.5 Å². The first kappa shape index (κ1) is 30.3. The van der Waals surface area contributed by atoms with Gasteiger partial charge in [-0.2, -0.15) is 0 Å². The Morgan fingerprint density at radius 3 is 1.72 bits per heavy atom. The molecule has 7 nitrogen and oxygen atoms in total. The van der Waals surface area contributed by atoms with Crippen LogP contribution in [0.25, 0.3) is 6.08 Å². The molecular weight excluding hydrogens is 376 g/mol. The van der Waals surface area contributed by atoms with Crippen molar-refractivity contribution in [3.8, 4) is 0 Å². The maximum absolute atomic E-state index is 10.1. The summed E-state index contributed by atoms with van der Waals surface area (Å²) in [6.07, 6.45) is 3.41. The van der Waals surface area contributed by atoms with Crippen molar-refractivity contribution in [2.24, 2.45) is 0 Å². The summed E-state index contributed by atoms with van der Waals surface area (Å²) in [5.41, 5.74) is 1.61. The summed E-state index contributed by atoms with van der Waals surface area (Å²) in [6, 6.07) is 10.0. The van der Waals surface area contributed by atoms with E-state index in [0.29, 0.717) is 6.42 Å². The monoisotopic (exact) mass is 406 g/mol. The van der Waals surface area contributed by atoms with Crippen LogP contribution >= 0.6 is 0 Å². The second kappa shape index (κ2) is 20.9. The van der Waals surface area contributed by atoms with Gasteiger partial charge in [0.1, 0.15) is 6.61 Å². The van der Waals surface area contributed by atoms with E-state index in [0.717, 1.165) is 6.08 Å². The Morgan fingerprint density at radius 1 is 1.03 bits per heavy atom. The molecule has 160 valence electrons. The molecule has 0 amide bonds. The number of ether oxygens (including phenoxy) is 1. The van der Waals surface area contributed by atoms with Crippen LogP contribution in [0.2, 0.25) is 0 Å². The van der Waals surface area contributed by atoms with E-state index < -0.39 is 17.9 Å². The summed E-state index contributed by atoms with van der Waals surface area (Å²) in [4.78, 5) is 29.5. The standard InChI is InChI=1S/C8H8.C5H8O3.C5H8O2.C4H6O2/c1-2-8-6-4-3-5-7-8;1-2-5(7)8-4-3-6;1-3-4(2)5(6)7;1-3(2)4(5)6/h2-7H,1H2;2,6H,1,3-4H2;2-3H2,1H3,(H,6,7);1H2,2H3,(H,5,6). The van der Waals surface area contributed by atoms with Gasteiger partial charge in [-0.3, -0.25) is 0 Å². The highest BCUT2D eigenvalue weighted by Gasteiger charge is 1.96. The van der Waals surface area contributed by atoms with Crippen molar-refractivity contribution in [2.45, 2.75) is 20.3 Å². The molecule has 0 aliphatic rings. The fourth-order valence-electron chi connectivity index (χ4n) is 0.946. The van der Waals surface area contributed by atoms with Crippen LogP contribution in [0.15, 0.2) is 73.9 Å². The van der Waals surface area contributed by atoms with Crippen LogP contribution in [0.4, 0.5) is 0 Å². The zero-order valence-corrected chi connectivity index (χ0v) is 17.0. The molecule has 1 rings (SSSR count). The highest BCUT2D eigenvalue weighted by Crippen LogP contribution is 1.97. The van der Waals surface area contributed by atoms with Gasteiger partial charge in [-0.05, 0) is 18.9 Å². The number of carbonyl (C=O) groups is 3. The van der Waals surface area contributed by atoms with Crippen molar-refractivity contribution < 1.29 is 34.4 Å². The predicted molar refractivity (Wildman–Crippen MR) is 114 cm³/mol. The topological polar surface area (TPSA) is 121 Å². The number of hydrogen-bond donors (Lipinski definition) is 3. The number of aliphatic hydroxyl groups is 1.